The Morgan fingerprint density at radius 2 is 2.26 bits per heavy atom. The van der Waals surface area contributed by atoms with Crippen molar-refractivity contribution in [2.24, 2.45) is 0 Å². The zero-order valence-corrected chi connectivity index (χ0v) is 18.1. The Kier molecular flexibility index (Phi) is 7.06. The number of morpholine rings is 1. The Morgan fingerprint density at radius 1 is 1.35 bits per heavy atom. The first kappa shape index (κ1) is 21.6. The van der Waals surface area contributed by atoms with Gasteiger partial charge in [0.1, 0.15) is 16.9 Å². The molecule has 2 atom stereocenters. The lowest BCUT2D eigenvalue weighted by Crippen LogP contribution is -2.37. The van der Waals surface area contributed by atoms with Gasteiger partial charge in [-0.05, 0) is 30.5 Å². The number of halogens is 1. The Morgan fingerprint density at radius 3 is 3.03 bits per heavy atom. The van der Waals surface area contributed by atoms with E-state index in [4.69, 9.17) is 25.8 Å². The number of rotatable bonds is 7. The molecule has 2 saturated heterocycles. The number of aromatic nitrogens is 2. The average Bonchev–Trinajstić information content (AvgIpc) is 2.82. The van der Waals surface area contributed by atoms with Crippen molar-refractivity contribution >= 4 is 35.5 Å². The fraction of sp³-hybridized carbons (Fsp3) is 0.476. The molecule has 2 unspecified atom stereocenters. The second-order valence-corrected chi connectivity index (χ2v) is 7.90. The highest BCUT2D eigenvalue weighted by Crippen LogP contribution is 2.33. The molecule has 0 bridgehead atoms. The van der Waals surface area contributed by atoms with Crippen molar-refractivity contribution in [3.63, 3.8) is 0 Å². The number of nitrogens with one attached hydrogen (secondary N) is 2. The predicted octanol–water partition coefficient (Wildman–Crippen LogP) is 3.00. The van der Waals surface area contributed by atoms with Gasteiger partial charge in [0.05, 0.1) is 44.8 Å². The van der Waals surface area contributed by atoms with Crippen LogP contribution in [0.2, 0.25) is 5.02 Å². The van der Waals surface area contributed by atoms with E-state index in [1.807, 2.05) is 18.2 Å². The minimum atomic E-state index is -0.192. The van der Waals surface area contributed by atoms with Crippen molar-refractivity contribution in [2.45, 2.75) is 25.0 Å². The molecule has 4 rings (SSSR count). The first-order chi connectivity index (χ1) is 15.2. The molecule has 0 saturated carbocycles. The molecule has 2 aliphatic rings. The van der Waals surface area contributed by atoms with Crippen molar-refractivity contribution in [1.82, 2.24) is 14.9 Å². The summed E-state index contributed by atoms with van der Waals surface area (Å²) in [4.78, 5) is 21.6. The van der Waals surface area contributed by atoms with E-state index in [0.717, 1.165) is 31.4 Å². The first-order valence-electron chi connectivity index (χ1n) is 10.3. The Labute approximate surface area is 186 Å². The third kappa shape index (κ3) is 5.36. The molecule has 9 nitrogen and oxygen atoms in total. The zero-order valence-electron chi connectivity index (χ0n) is 17.3. The lowest BCUT2D eigenvalue weighted by atomic mass is 10.1. The first-order valence-corrected chi connectivity index (χ1v) is 10.7. The molecule has 31 heavy (non-hydrogen) atoms. The quantitative estimate of drug-likeness (QED) is 0.625. The van der Waals surface area contributed by atoms with Gasteiger partial charge >= 0.3 is 0 Å². The monoisotopic (exact) mass is 447 g/mol. The van der Waals surface area contributed by atoms with E-state index >= 15 is 0 Å². The van der Waals surface area contributed by atoms with Gasteiger partial charge in [0.2, 0.25) is 12.4 Å². The van der Waals surface area contributed by atoms with Crippen molar-refractivity contribution in [3.05, 3.63) is 35.0 Å². The standard InChI is InChI=1S/C21H26ClN5O4/c1-29-18-9-14(19-11-27(13-28)6-8-31-19)4-5-17(18)25-21-23-10-16(22)20(26-21)24-15-3-2-7-30-12-15/h4-5,9-10,13,15,19H,2-3,6-8,11-12H2,1H3,(H2,23,24,25,26). The molecule has 0 radical (unpaired) electrons. The minimum Gasteiger partial charge on any atom is -0.495 e. The minimum absolute atomic E-state index is 0.171. The van der Waals surface area contributed by atoms with Crippen LogP contribution < -0.4 is 15.4 Å². The van der Waals surface area contributed by atoms with Gasteiger partial charge in [-0.1, -0.05) is 17.7 Å². The molecule has 3 heterocycles. The van der Waals surface area contributed by atoms with Gasteiger partial charge in [-0.2, -0.15) is 4.98 Å². The number of hydrogen-bond donors (Lipinski definition) is 2. The van der Waals surface area contributed by atoms with Crippen LogP contribution >= 0.6 is 11.6 Å². The highest BCUT2D eigenvalue weighted by atomic mass is 35.5. The number of carbonyl (C=O) groups excluding carboxylic acids is 1. The molecule has 2 N–H and O–H groups in total. The lowest BCUT2D eigenvalue weighted by Gasteiger charge is -2.30. The molecular formula is C21H26ClN5O4. The third-order valence-electron chi connectivity index (χ3n) is 5.34. The van der Waals surface area contributed by atoms with E-state index in [1.54, 1.807) is 18.2 Å². The molecule has 10 heteroatoms. The van der Waals surface area contributed by atoms with Crippen LogP contribution in [0.1, 0.15) is 24.5 Å². The predicted molar refractivity (Wildman–Crippen MR) is 117 cm³/mol. The van der Waals surface area contributed by atoms with E-state index in [1.165, 1.54) is 0 Å². The molecule has 2 fully saturated rings. The number of anilines is 3. The van der Waals surface area contributed by atoms with E-state index in [-0.39, 0.29) is 12.1 Å². The maximum Gasteiger partial charge on any atom is 0.229 e. The van der Waals surface area contributed by atoms with Gasteiger partial charge in [0.25, 0.3) is 0 Å². The van der Waals surface area contributed by atoms with Crippen molar-refractivity contribution < 1.29 is 19.0 Å². The number of carbonyl (C=O) groups is 1. The number of hydrogen-bond acceptors (Lipinski definition) is 8. The molecule has 1 aromatic heterocycles. The summed E-state index contributed by atoms with van der Waals surface area (Å²) in [5.41, 5.74) is 1.65. The Balaban J connectivity index is 1.49. The van der Waals surface area contributed by atoms with Crippen LogP contribution in [-0.4, -0.2) is 67.3 Å². The Hall–Kier alpha value is -2.62. The summed E-state index contributed by atoms with van der Waals surface area (Å²) in [6.45, 7) is 3.04. The van der Waals surface area contributed by atoms with Crippen molar-refractivity contribution in [2.75, 3.05) is 50.7 Å². The van der Waals surface area contributed by atoms with Gasteiger partial charge in [0.15, 0.2) is 5.82 Å². The topological polar surface area (TPSA) is 97.8 Å². The molecule has 0 spiro atoms. The molecule has 1 aromatic carbocycles. The van der Waals surface area contributed by atoms with Gasteiger partial charge in [-0.15, -0.1) is 0 Å². The highest BCUT2D eigenvalue weighted by Gasteiger charge is 2.22. The van der Waals surface area contributed by atoms with Gasteiger partial charge in [-0.25, -0.2) is 4.98 Å². The Bertz CT molecular complexity index is 909. The van der Waals surface area contributed by atoms with Crippen LogP contribution in [0.3, 0.4) is 0 Å². The summed E-state index contributed by atoms with van der Waals surface area (Å²) in [7, 11) is 1.60. The summed E-state index contributed by atoms with van der Waals surface area (Å²) >= 11 is 6.28. The van der Waals surface area contributed by atoms with Crippen LogP contribution in [0, 0.1) is 0 Å². The number of methoxy groups -OCH3 is 1. The number of amides is 1. The molecule has 2 aromatic rings. The highest BCUT2D eigenvalue weighted by molar-refractivity contribution is 6.32. The van der Waals surface area contributed by atoms with Gasteiger partial charge in [0, 0.05) is 13.2 Å². The second-order valence-electron chi connectivity index (χ2n) is 7.49. The fourth-order valence-corrected chi connectivity index (χ4v) is 3.82. The summed E-state index contributed by atoms with van der Waals surface area (Å²) in [6, 6.07) is 5.90. The molecule has 2 aliphatic heterocycles. The van der Waals surface area contributed by atoms with E-state index < -0.39 is 0 Å². The average molecular weight is 448 g/mol. The van der Waals surface area contributed by atoms with Crippen LogP contribution in [-0.2, 0) is 14.3 Å². The molecule has 0 aliphatic carbocycles. The van der Waals surface area contributed by atoms with E-state index in [2.05, 4.69) is 20.6 Å². The largest absolute Gasteiger partial charge is 0.495 e. The summed E-state index contributed by atoms with van der Waals surface area (Å²) < 4.78 is 16.9. The zero-order chi connectivity index (χ0) is 21.6. The van der Waals surface area contributed by atoms with Crippen molar-refractivity contribution in [3.8, 4) is 5.75 Å². The van der Waals surface area contributed by atoms with E-state index in [9.17, 15) is 4.79 Å². The number of benzene rings is 1. The number of nitrogens with zero attached hydrogens (tertiary/aromatic N) is 3. The van der Waals surface area contributed by atoms with Crippen LogP contribution in [0.4, 0.5) is 17.5 Å². The van der Waals surface area contributed by atoms with Gasteiger partial charge < -0.3 is 29.7 Å². The summed E-state index contributed by atoms with van der Waals surface area (Å²) in [5.74, 6) is 1.59. The normalized spacial score (nSPS) is 21.4. The van der Waals surface area contributed by atoms with Crippen LogP contribution in [0.25, 0.3) is 0 Å². The third-order valence-corrected chi connectivity index (χ3v) is 5.61. The molecule has 166 valence electrons. The summed E-state index contributed by atoms with van der Waals surface area (Å²) in [5, 5.41) is 6.98. The lowest BCUT2D eigenvalue weighted by molar-refractivity contribution is -0.125. The maximum absolute atomic E-state index is 11.1. The maximum atomic E-state index is 11.1. The smallest absolute Gasteiger partial charge is 0.229 e. The van der Waals surface area contributed by atoms with E-state index in [0.29, 0.717) is 54.5 Å². The molecular weight excluding hydrogens is 422 g/mol. The number of ether oxygens (including phenoxy) is 3. The van der Waals surface area contributed by atoms with Crippen molar-refractivity contribution in [1.29, 1.82) is 0 Å². The summed E-state index contributed by atoms with van der Waals surface area (Å²) in [6.07, 6.45) is 4.23. The fourth-order valence-electron chi connectivity index (χ4n) is 3.67. The van der Waals surface area contributed by atoms with Crippen LogP contribution in [0.15, 0.2) is 24.4 Å². The second kappa shape index (κ2) is 10.1. The van der Waals surface area contributed by atoms with Crippen LogP contribution in [0.5, 0.6) is 5.75 Å². The molecule has 1 amide bonds. The van der Waals surface area contributed by atoms with Gasteiger partial charge in [-0.3, -0.25) is 4.79 Å². The SMILES string of the molecule is COc1cc(C2CN(C=O)CCO2)ccc1Nc1ncc(Cl)c(NC2CCCOC2)n1.